The Balaban J connectivity index is 1.72. The standard InChI is InChI=1S/C20H20F3NO2/c1-14-7-2-3-8-15(14)17-10-6-12-24(17)19(25)13-26-18-11-5-4-9-16(18)20(21,22)23/h2-5,7-9,11,17H,6,10,12-13H2,1H3. The third-order valence-corrected chi connectivity index (χ3v) is 4.66. The highest BCUT2D eigenvalue weighted by Crippen LogP contribution is 2.36. The maximum Gasteiger partial charge on any atom is 0.419 e. The number of carbonyl (C=O) groups excluding carboxylic acids is 1. The van der Waals surface area contributed by atoms with E-state index >= 15 is 0 Å². The van der Waals surface area contributed by atoms with Crippen molar-refractivity contribution in [2.24, 2.45) is 0 Å². The number of nitrogens with zero attached hydrogens (tertiary/aromatic N) is 1. The van der Waals surface area contributed by atoms with Crippen LogP contribution in [-0.4, -0.2) is 24.0 Å². The summed E-state index contributed by atoms with van der Waals surface area (Å²) in [5, 5.41) is 0. The predicted molar refractivity (Wildman–Crippen MR) is 91.8 cm³/mol. The molecule has 2 aromatic carbocycles. The second-order valence-corrected chi connectivity index (χ2v) is 6.38. The van der Waals surface area contributed by atoms with Crippen molar-refractivity contribution in [2.75, 3.05) is 13.2 Å². The van der Waals surface area contributed by atoms with Gasteiger partial charge in [-0.15, -0.1) is 0 Å². The van der Waals surface area contributed by atoms with Gasteiger partial charge in [0.15, 0.2) is 6.61 Å². The van der Waals surface area contributed by atoms with Crippen molar-refractivity contribution in [3.8, 4) is 5.75 Å². The fourth-order valence-corrected chi connectivity index (χ4v) is 3.40. The van der Waals surface area contributed by atoms with Crippen molar-refractivity contribution in [1.82, 2.24) is 4.90 Å². The molecule has 3 rings (SSSR count). The molecule has 1 fully saturated rings. The zero-order valence-electron chi connectivity index (χ0n) is 14.4. The molecular formula is C20H20F3NO2. The van der Waals surface area contributed by atoms with Crippen molar-refractivity contribution in [2.45, 2.75) is 32.0 Å². The molecule has 0 spiro atoms. The van der Waals surface area contributed by atoms with Crippen molar-refractivity contribution in [3.63, 3.8) is 0 Å². The molecular weight excluding hydrogens is 343 g/mol. The molecule has 1 saturated heterocycles. The molecule has 0 saturated carbocycles. The van der Waals surface area contributed by atoms with E-state index in [0.717, 1.165) is 30.0 Å². The molecule has 2 aromatic rings. The number of halogens is 3. The molecule has 0 aliphatic carbocycles. The Bertz CT molecular complexity index is 789. The maximum absolute atomic E-state index is 13.0. The summed E-state index contributed by atoms with van der Waals surface area (Å²) in [5.74, 6) is -0.618. The first-order chi connectivity index (χ1) is 12.4. The fourth-order valence-electron chi connectivity index (χ4n) is 3.40. The second kappa shape index (κ2) is 7.40. The van der Waals surface area contributed by atoms with Gasteiger partial charge in [-0.25, -0.2) is 0 Å². The van der Waals surface area contributed by atoms with Gasteiger partial charge in [0.25, 0.3) is 5.91 Å². The van der Waals surface area contributed by atoms with E-state index in [9.17, 15) is 18.0 Å². The minimum absolute atomic E-state index is 0.0508. The van der Waals surface area contributed by atoms with E-state index in [-0.39, 0.29) is 17.7 Å². The van der Waals surface area contributed by atoms with Gasteiger partial charge in [-0.2, -0.15) is 13.2 Å². The summed E-state index contributed by atoms with van der Waals surface area (Å²) < 4.78 is 44.3. The lowest BCUT2D eigenvalue weighted by Gasteiger charge is -2.26. The number of likely N-dealkylation sites (tertiary alicyclic amines) is 1. The van der Waals surface area contributed by atoms with Gasteiger partial charge in [-0.3, -0.25) is 4.79 Å². The van der Waals surface area contributed by atoms with Crippen LogP contribution in [0.2, 0.25) is 0 Å². The van der Waals surface area contributed by atoms with Gasteiger partial charge in [-0.05, 0) is 43.0 Å². The van der Waals surface area contributed by atoms with Crippen LogP contribution in [0.15, 0.2) is 48.5 Å². The van der Waals surface area contributed by atoms with E-state index in [2.05, 4.69) is 0 Å². The molecule has 6 heteroatoms. The Morgan fingerprint density at radius 1 is 1.15 bits per heavy atom. The van der Waals surface area contributed by atoms with Crippen LogP contribution < -0.4 is 4.74 Å². The molecule has 0 bridgehead atoms. The van der Waals surface area contributed by atoms with Gasteiger partial charge in [-0.1, -0.05) is 36.4 Å². The summed E-state index contributed by atoms with van der Waals surface area (Å²) in [6.45, 7) is 2.17. The van der Waals surface area contributed by atoms with Crippen LogP contribution in [0.4, 0.5) is 13.2 Å². The average Bonchev–Trinajstić information content (AvgIpc) is 3.09. The van der Waals surface area contributed by atoms with Crippen LogP contribution in [0.5, 0.6) is 5.75 Å². The highest BCUT2D eigenvalue weighted by molar-refractivity contribution is 5.78. The Labute approximate surface area is 150 Å². The Hall–Kier alpha value is -2.50. The molecule has 0 radical (unpaired) electrons. The molecule has 3 nitrogen and oxygen atoms in total. The first-order valence-electron chi connectivity index (χ1n) is 8.52. The molecule has 1 amide bonds. The summed E-state index contributed by atoms with van der Waals surface area (Å²) in [7, 11) is 0. The summed E-state index contributed by atoms with van der Waals surface area (Å²) in [6.07, 6.45) is -2.81. The number of carbonyl (C=O) groups is 1. The number of rotatable bonds is 4. The maximum atomic E-state index is 13.0. The zero-order valence-corrected chi connectivity index (χ0v) is 14.4. The minimum Gasteiger partial charge on any atom is -0.483 e. The largest absolute Gasteiger partial charge is 0.483 e. The van der Waals surface area contributed by atoms with Crippen LogP contribution in [-0.2, 0) is 11.0 Å². The smallest absolute Gasteiger partial charge is 0.419 e. The van der Waals surface area contributed by atoms with Gasteiger partial charge in [0.2, 0.25) is 0 Å². The quantitative estimate of drug-likeness (QED) is 0.784. The number of aryl methyl sites for hydroxylation is 1. The Morgan fingerprint density at radius 2 is 1.85 bits per heavy atom. The number of ether oxygens (including phenoxy) is 1. The monoisotopic (exact) mass is 363 g/mol. The summed E-state index contributed by atoms with van der Waals surface area (Å²) >= 11 is 0. The fraction of sp³-hybridized carbons (Fsp3) is 0.350. The van der Waals surface area contributed by atoms with Crippen LogP contribution in [0.25, 0.3) is 0 Å². The average molecular weight is 363 g/mol. The van der Waals surface area contributed by atoms with E-state index in [4.69, 9.17) is 4.74 Å². The number of hydrogen-bond acceptors (Lipinski definition) is 2. The molecule has 0 N–H and O–H groups in total. The number of hydrogen-bond donors (Lipinski definition) is 0. The summed E-state index contributed by atoms with van der Waals surface area (Å²) in [4.78, 5) is 14.3. The third kappa shape index (κ3) is 3.84. The van der Waals surface area contributed by atoms with E-state index in [1.54, 1.807) is 4.90 Å². The highest BCUT2D eigenvalue weighted by Gasteiger charge is 2.35. The number of para-hydroxylation sites is 1. The molecule has 138 valence electrons. The number of benzene rings is 2. The second-order valence-electron chi connectivity index (χ2n) is 6.38. The van der Waals surface area contributed by atoms with Crippen molar-refractivity contribution in [3.05, 3.63) is 65.2 Å². The SMILES string of the molecule is Cc1ccccc1C1CCCN1C(=O)COc1ccccc1C(F)(F)F. The lowest BCUT2D eigenvalue weighted by molar-refractivity contribution is -0.141. The topological polar surface area (TPSA) is 29.5 Å². The van der Waals surface area contributed by atoms with Gasteiger partial charge in [0, 0.05) is 6.54 Å². The Kier molecular flexibility index (Phi) is 5.20. The molecule has 1 unspecified atom stereocenters. The lowest BCUT2D eigenvalue weighted by Crippen LogP contribution is -2.34. The van der Waals surface area contributed by atoms with Crippen LogP contribution in [0, 0.1) is 6.92 Å². The van der Waals surface area contributed by atoms with Gasteiger partial charge in [0.1, 0.15) is 5.75 Å². The number of alkyl halides is 3. The van der Waals surface area contributed by atoms with E-state index in [1.165, 1.54) is 18.2 Å². The van der Waals surface area contributed by atoms with Crippen LogP contribution in [0.3, 0.4) is 0 Å². The van der Waals surface area contributed by atoms with E-state index in [0.29, 0.717) is 6.54 Å². The molecule has 1 aliphatic heterocycles. The predicted octanol–water partition coefficient (Wildman–Crippen LogP) is 4.76. The van der Waals surface area contributed by atoms with E-state index < -0.39 is 18.3 Å². The van der Waals surface area contributed by atoms with Crippen LogP contribution >= 0.6 is 0 Å². The lowest BCUT2D eigenvalue weighted by atomic mass is 9.99. The Morgan fingerprint density at radius 3 is 2.58 bits per heavy atom. The third-order valence-electron chi connectivity index (χ3n) is 4.66. The van der Waals surface area contributed by atoms with Gasteiger partial charge < -0.3 is 9.64 Å². The van der Waals surface area contributed by atoms with Crippen molar-refractivity contribution < 1.29 is 22.7 Å². The van der Waals surface area contributed by atoms with Gasteiger partial charge in [0.05, 0.1) is 11.6 Å². The van der Waals surface area contributed by atoms with Crippen LogP contribution in [0.1, 0.15) is 35.6 Å². The zero-order chi connectivity index (χ0) is 18.7. The summed E-state index contributed by atoms with van der Waals surface area (Å²) in [6, 6.07) is 12.7. The molecule has 0 aromatic heterocycles. The van der Waals surface area contributed by atoms with Gasteiger partial charge >= 0.3 is 6.18 Å². The normalized spacial score (nSPS) is 17.4. The molecule has 1 aliphatic rings. The summed E-state index contributed by atoms with van der Waals surface area (Å²) in [5.41, 5.74) is 1.30. The van der Waals surface area contributed by atoms with E-state index in [1.807, 2.05) is 31.2 Å². The van der Waals surface area contributed by atoms with Crippen molar-refractivity contribution in [1.29, 1.82) is 0 Å². The minimum atomic E-state index is -4.52. The molecule has 26 heavy (non-hydrogen) atoms. The molecule has 1 atom stereocenters. The number of amides is 1. The molecule has 1 heterocycles. The highest BCUT2D eigenvalue weighted by atomic mass is 19.4. The first-order valence-corrected chi connectivity index (χ1v) is 8.52. The first kappa shape index (κ1) is 18.3. The van der Waals surface area contributed by atoms with Crippen molar-refractivity contribution >= 4 is 5.91 Å².